The minimum Gasteiger partial charge on any atom is -0.486 e. The highest BCUT2D eigenvalue weighted by Crippen LogP contribution is 2.33. The lowest BCUT2D eigenvalue weighted by molar-refractivity contribution is -0.187. The molecule has 1 spiro atoms. The van der Waals surface area contributed by atoms with Crippen molar-refractivity contribution in [1.82, 2.24) is 4.90 Å². The second-order valence-electron chi connectivity index (χ2n) is 6.21. The monoisotopic (exact) mass is 348 g/mol. The normalized spacial score (nSPS) is 21.2. The van der Waals surface area contributed by atoms with Crippen molar-refractivity contribution in [3.05, 3.63) is 18.2 Å². The lowest BCUT2D eigenvalue weighted by atomic mass is 10.0. The van der Waals surface area contributed by atoms with E-state index in [1.807, 2.05) is 0 Å². The number of fused-ring (bicyclic) bond motifs is 1. The van der Waals surface area contributed by atoms with Crippen LogP contribution in [0.1, 0.15) is 12.8 Å². The highest BCUT2D eigenvalue weighted by atomic mass is 16.7. The van der Waals surface area contributed by atoms with E-state index in [9.17, 15) is 9.59 Å². The van der Waals surface area contributed by atoms with Crippen molar-refractivity contribution in [3.8, 4) is 11.5 Å². The summed E-state index contributed by atoms with van der Waals surface area (Å²) in [5.41, 5.74) is 0.499. The van der Waals surface area contributed by atoms with Crippen molar-refractivity contribution in [2.45, 2.75) is 18.6 Å². The van der Waals surface area contributed by atoms with Gasteiger partial charge in [-0.2, -0.15) is 0 Å². The van der Waals surface area contributed by atoms with Crippen molar-refractivity contribution in [2.24, 2.45) is 0 Å². The Balaban J connectivity index is 1.35. The van der Waals surface area contributed by atoms with E-state index in [4.69, 9.17) is 18.9 Å². The smallest absolute Gasteiger partial charge is 0.313 e. The minimum absolute atomic E-state index is 0.438. The summed E-state index contributed by atoms with van der Waals surface area (Å²) in [5, 5.41) is 2.62. The van der Waals surface area contributed by atoms with Gasteiger partial charge >= 0.3 is 11.8 Å². The molecule has 1 aromatic rings. The van der Waals surface area contributed by atoms with E-state index in [0.717, 1.165) is 0 Å². The van der Waals surface area contributed by atoms with Gasteiger partial charge in [-0.25, -0.2) is 0 Å². The third-order valence-corrected chi connectivity index (χ3v) is 4.62. The number of benzene rings is 1. The first-order chi connectivity index (χ1) is 12.2. The van der Waals surface area contributed by atoms with Crippen molar-refractivity contribution in [1.29, 1.82) is 0 Å². The van der Waals surface area contributed by atoms with Gasteiger partial charge in [0.2, 0.25) is 0 Å². The van der Waals surface area contributed by atoms with Crippen molar-refractivity contribution >= 4 is 17.5 Å². The van der Waals surface area contributed by atoms with Crippen LogP contribution in [0.5, 0.6) is 11.5 Å². The number of hydrogen-bond acceptors (Lipinski definition) is 6. The molecule has 0 aliphatic carbocycles. The lowest BCUT2D eigenvalue weighted by Crippen LogP contribution is -2.50. The average molecular weight is 348 g/mol. The quantitative estimate of drug-likeness (QED) is 0.754. The Morgan fingerprint density at radius 1 is 0.960 bits per heavy atom. The van der Waals surface area contributed by atoms with Crippen LogP contribution in [-0.2, 0) is 19.1 Å². The Kier molecular flexibility index (Phi) is 4.22. The average Bonchev–Trinajstić information content (AvgIpc) is 3.09. The number of nitrogens with one attached hydrogen (secondary N) is 1. The van der Waals surface area contributed by atoms with E-state index < -0.39 is 17.6 Å². The molecule has 2 saturated heterocycles. The minimum atomic E-state index is -0.666. The summed E-state index contributed by atoms with van der Waals surface area (Å²) >= 11 is 0. The van der Waals surface area contributed by atoms with Crippen molar-refractivity contribution < 1.29 is 28.5 Å². The van der Waals surface area contributed by atoms with Gasteiger partial charge in [0.05, 0.1) is 13.2 Å². The van der Waals surface area contributed by atoms with E-state index in [1.54, 1.807) is 18.2 Å². The van der Waals surface area contributed by atoms with E-state index in [-0.39, 0.29) is 0 Å². The second-order valence-corrected chi connectivity index (χ2v) is 6.21. The predicted octanol–water partition coefficient (Wildman–Crippen LogP) is 0.762. The van der Waals surface area contributed by atoms with Gasteiger partial charge in [0.1, 0.15) is 13.2 Å². The first-order valence-electron chi connectivity index (χ1n) is 8.43. The van der Waals surface area contributed by atoms with Crippen LogP contribution in [0.25, 0.3) is 0 Å². The molecular weight excluding hydrogens is 328 g/mol. The summed E-state index contributed by atoms with van der Waals surface area (Å²) < 4.78 is 22.2. The van der Waals surface area contributed by atoms with Gasteiger partial charge in [0, 0.05) is 37.7 Å². The van der Waals surface area contributed by atoms with Crippen LogP contribution in [0.4, 0.5) is 5.69 Å². The van der Waals surface area contributed by atoms with Gasteiger partial charge in [0.25, 0.3) is 0 Å². The predicted molar refractivity (Wildman–Crippen MR) is 86.5 cm³/mol. The highest BCUT2D eigenvalue weighted by molar-refractivity contribution is 6.39. The molecule has 8 nitrogen and oxygen atoms in total. The van der Waals surface area contributed by atoms with Crippen LogP contribution in [-0.4, -0.2) is 62.0 Å². The summed E-state index contributed by atoms with van der Waals surface area (Å²) in [6.45, 7) is 3.00. The largest absolute Gasteiger partial charge is 0.486 e. The maximum absolute atomic E-state index is 12.4. The number of amides is 2. The van der Waals surface area contributed by atoms with Crippen LogP contribution in [0, 0.1) is 0 Å². The zero-order chi connectivity index (χ0) is 17.3. The molecule has 0 bridgehead atoms. The Labute approximate surface area is 145 Å². The Morgan fingerprint density at radius 3 is 2.36 bits per heavy atom. The van der Waals surface area contributed by atoms with Gasteiger partial charge in [-0.3, -0.25) is 9.59 Å². The molecule has 3 aliphatic heterocycles. The van der Waals surface area contributed by atoms with E-state index in [0.29, 0.717) is 69.5 Å². The molecule has 1 N–H and O–H groups in total. The van der Waals surface area contributed by atoms with Crippen LogP contribution in [0.2, 0.25) is 0 Å². The third-order valence-electron chi connectivity index (χ3n) is 4.62. The number of rotatable bonds is 1. The Bertz CT molecular complexity index is 676. The van der Waals surface area contributed by atoms with Crippen LogP contribution in [0.3, 0.4) is 0 Å². The molecule has 3 aliphatic rings. The number of nitrogens with zero attached hydrogens (tertiary/aromatic N) is 1. The second kappa shape index (κ2) is 6.53. The molecule has 8 heteroatoms. The molecule has 3 heterocycles. The number of hydrogen-bond donors (Lipinski definition) is 1. The summed E-state index contributed by atoms with van der Waals surface area (Å²) in [6, 6.07) is 5.06. The Morgan fingerprint density at radius 2 is 1.64 bits per heavy atom. The molecule has 0 saturated carbocycles. The molecule has 0 unspecified atom stereocenters. The number of likely N-dealkylation sites (tertiary alicyclic amines) is 1. The summed E-state index contributed by atoms with van der Waals surface area (Å²) in [6.07, 6.45) is 1.16. The summed E-state index contributed by atoms with van der Waals surface area (Å²) in [4.78, 5) is 26.2. The number of carbonyl (C=O) groups is 2. The number of piperidine rings is 1. The number of ether oxygens (including phenoxy) is 4. The zero-order valence-electron chi connectivity index (χ0n) is 13.8. The van der Waals surface area contributed by atoms with E-state index in [2.05, 4.69) is 5.32 Å². The maximum atomic E-state index is 12.4. The SMILES string of the molecule is O=C(Nc1ccc2c(c1)OCCO2)C(=O)N1CCC2(CC1)OCCO2. The van der Waals surface area contributed by atoms with E-state index >= 15 is 0 Å². The molecule has 134 valence electrons. The summed E-state index contributed by atoms with van der Waals surface area (Å²) in [5.74, 6) is -0.590. The highest BCUT2D eigenvalue weighted by Gasteiger charge is 2.41. The molecule has 1 aromatic carbocycles. The van der Waals surface area contributed by atoms with Crippen LogP contribution >= 0.6 is 0 Å². The first kappa shape index (κ1) is 16.2. The van der Waals surface area contributed by atoms with Crippen LogP contribution < -0.4 is 14.8 Å². The number of anilines is 1. The van der Waals surface area contributed by atoms with E-state index in [1.165, 1.54) is 4.90 Å². The fourth-order valence-electron chi connectivity index (χ4n) is 3.29. The molecule has 2 fully saturated rings. The van der Waals surface area contributed by atoms with Gasteiger partial charge in [-0.15, -0.1) is 0 Å². The maximum Gasteiger partial charge on any atom is 0.313 e. The van der Waals surface area contributed by atoms with Gasteiger partial charge < -0.3 is 29.2 Å². The molecule has 2 amide bonds. The molecule has 25 heavy (non-hydrogen) atoms. The molecule has 0 aromatic heterocycles. The van der Waals surface area contributed by atoms with Gasteiger partial charge in [-0.1, -0.05) is 0 Å². The standard InChI is InChI=1S/C17H20N2O6/c20-15(18-12-1-2-13-14(11-12)23-8-7-22-13)16(21)19-5-3-17(4-6-19)24-9-10-25-17/h1-2,11H,3-10H2,(H,18,20). The first-order valence-corrected chi connectivity index (χ1v) is 8.43. The number of carbonyl (C=O) groups excluding carboxylic acids is 2. The van der Waals surface area contributed by atoms with Gasteiger partial charge in [0.15, 0.2) is 17.3 Å². The molecule has 4 rings (SSSR count). The fraction of sp³-hybridized carbons (Fsp3) is 0.529. The van der Waals surface area contributed by atoms with Crippen LogP contribution in [0.15, 0.2) is 18.2 Å². The zero-order valence-corrected chi connectivity index (χ0v) is 13.8. The summed E-state index contributed by atoms with van der Waals surface area (Å²) in [7, 11) is 0. The van der Waals surface area contributed by atoms with Crippen molar-refractivity contribution in [3.63, 3.8) is 0 Å². The van der Waals surface area contributed by atoms with Crippen molar-refractivity contribution in [2.75, 3.05) is 44.8 Å². The Hall–Kier alpha value is -2.32. The molecular formula is C17H20N2O6. The third kappa shape index (κ3) is 3.27. The topological polar surface area (TPSA) is 86.3 Å². The molecule has 0 atom stereocenters. The fourth-order valence-corrected chi connectivity index (χ4v) is 3.29. The van der Waals surface area contributed by atoms with Gasteiger partial charge in [-0.05, 0) is 12.1 Å². The molecule has 0 radical (unpaired) electrons. The lowest BCUT2D eigenvalue weighted by Gasteiger charge is -2.37.